The van der Waals surface area contributed by atoms with E-state index in [1.54, 1.807) is 0 Å². The predicted molar refractivity (Wildman–Crippen MR) is 447 cm³/mol. The minimum atomic E-state index is -0.577. The van der Waals surface area contributed by atoms with E-state index in [1.165, 1.54) is 161 Å². The van der Waals surface area contributed by atoms with E-state index in [-0.39, 0.29) is 5.41 Å². The minimum Gasteiger partial charge on any atom is -0.356 e. The first-order valence-corrected chi connectivity index (χ1v) is 37.6. The second-order valence-electron chi connectivity index (χ2n) is 29.3. The molecule has 18 aromatic rings. The second kappa shape index (κ2) is 24.1. The number of nitrogens with zero attached hydrogens (tertiary/aromatic N) is 2. The van der Waals surface area contributed by atoms with E-state index in [1.807, 2.05) is 0 Å². The van der Waals surface area contributed by atoms with Crippen LogP contribution in [0.1, 0.15) is 66.8 Å². The van der Waals surface area contributed by atoms with Crippen LogP contribution in [0.15, 0.2) is 413 Å². The topological polar surface area (TPSA) is 20.2 Å². The van der Waals surface area contributed by atoms with Crippen molar-refractivity contribution in [3.63, 3.8) is 0 Å². The number of rotatable bonds is 9. The van der Waals surface area contributed by atoms with Gasteiger partial charge < -0.3 is 14.8 Å². The Morgan fingerprint density at radius 2 is 0.620 bits per heavy atom. The van der Waals surface area contributed by atoms with Crippen molar-refractivity contribution in [3.8, 4) is 72.4 Å². The van der Waals surface area contributed by atoms with Gasteiger partial charge in [-0.3, -0.25) is 0 Å². The number of aromatic nitrogens is 1. The van der Waals surface area contributed by atoms with Gasteiger partial charge >= 0.3 is 0 Å². The Balaban J connectivity index is 0.000000161. The summed E-state index contributed by atoms with van der Waals surface area (Å²) >= 11 is 0. The zero-order valence-corrected chi connectivity index (χ0v) is 59.2. The van der Waals surface area contributed by atoms with Gasteiger partial charge in [0.2, 0.25) is 0 Å². The lowest BCUT2D eigenvalue weighted by molar-refractivity contribution is 0.748. The fraction of sp³-hybridized carbons (Fsp3) is 0.0286. The van der Waals surface area contributed by atoms with Crippen molar-refractivity contribution in [2.24, 2.45) is 0 Å². The largest absolute Gasteiger partial charge is 0.356 e. The zero-order chi connectivity index (χ0) is 71.1. The van der Waals surface area contributed by atoms with E-state index in [4.69, 9.17) is 0 Å². The summed E-state index contributed by atoms with van der Waals surface area (Å²) in [6.07, 6.45) is 0. The van der Waals surface area contributed by atoms with Gasteiger partial charge in [-0.2, -0.15) is 0 Å². The van der Waals surface area contributed by atoms with Crippen LogP contribution in [0.25, 0.3) is 94.3 Å². The van der Waals surface area contributed by atoms with Crippen LogP contribution in [0.4, 0.5) is 28.4 Å². The molecule has 3 nitrogen and oxygen atoms in total. The normalized spacial score (nSPS) is 14.7. The van der Waals surface area contributed by atoms with Gasteiger partial charge in [-0.05, 0) is 195 Å². The summed E-state index contributed by atoms with van der Waals surface area (Å²) in [7, 11) is 0. The Hall–Kier alpha value is -13.9. The summed E-state index contributed by atoms with van der Waals surface area (Å²) in [5.41, 5.74) is 38.8. The molecule has 0 bridgehead atoms. The van der Waals surface area contributed by atoms with Gasteiger partial charge in [0, 0.05) is 39.1 Å². The first-order chi connectivity index (χ1) is 53.6. The summed E-state index contributed by atoms with van der Waals surface area (Å²) in [6, 6.07) is 153. The summed E-state index contributed by atoms with van der Waals surface area (Å²) in [4.78, 5) is 2.56. The average molecular weight is 1370 g/mol. The molecule has 0 fully saturated rings. The third-order valence-corrected chi connectivity index (χ3v) is 24.1. The summed E-state index contributed by atoms with van der Waals surface area (Å²) < 4.78 is 2.53. The quantitative estimate of drug-likeness (QED) is 0.155. The molecule has 1 unspecified atom stereocenters. The van der Waals surface area contributed by atoms with Crippen molar-refractivity contribution in [3.05, 3.63) is 479 Å². The Kier molecular flexibility index (Phi) is 13.7. The first-order valence-electron chi connectivity index (χ1n) is 37.6. The van der Waals surface area contributed by atoms with Crippen molar-refractivity contribution in [2.75, 3.05) is 10.2 Å². The lowest BCUT2D eigenvalue weighted by Crippen LogP contribution is -2.33. The Morgan fingerprint density at radius 3 is 1.21 bits per heavy atom. The average Bonchev–Trinajstić information content (AvgIpc) is 1.49. The van der Waals surface area contributed by atoms with Crippen molar-refractivity contribution in [1.82, 2.24) is 4.57 Å². The molecule has 0 saturated carbocycles. The van der Waals surface area contributed by atoms with Crippen molar-refractivity contribution < 1.29 is 0 Å². The van der Waals surface area contributed by atoms with Crippen LogP contribution in [0.3, 0.4) is 0 Å². The SMILES string of the molecule is c1ccc(-c2ccc(N(c3ccc4c(c3)C3(c5ccccc5-c5ccccc53)c3ccccc3-4)c3cccc4c3-c3ccccc3C43c4ccccc4-n4c5ccccc5c5cccc3c54)cc2)cc1.c1ccc(-c2ccc(Nc3ccc4c(c3)C(c3ccccc3)(c3ccccc3)c3ccccc3-4)cc2)cc1. The van der Waals surface area contributed by atoms with E-state index >= 15 is 0 Å². The highest BCUT2D eigenvalue weighted by atomic mass is 15.1. The third kappa shape index (κ3) is 8.67. The van der Waals surface area contributed by atoms with E-state index in [9.17, 15) is 0 Å². The van der Waals surface area contributed by atoms with Crippen molar-refractivity contribution in [2.45, 2.75) is 16.2 Å². The number of benzene rings is 17. The molecule has 1 aliphatic heterocycles. The van der Waals surface area contributed by atoms with Gasteiger partial charge in [0.05, 0.1) is 38.7 Å². The Morgan fingerprint density at radius 1 is 0.231 bits per heavy atom. The summed E-state index contributed by atoms with van der Waals surface area (Å²) in [5, 5.41) is 6.24. The molecule has 0 amide bonds. The second-order valence-corrected chi connectivity index (χ2v) is 29.3. The third-order valence-electron chi connectivity index (χ3n) is 24.1. The fourth-order valence-corrected chi connectivity index (χ4v) is 19.9. The summed E-state index contributed by atoms with van der Waals surface area (Å²) in [5.74, 6) is 0. The van der Waals surface area contributed by atoms with Gasteiger partial charge in [-0.25, -0.2) is 0 Å². The van der Waals surface area contributed by atoms with Crippen LogP contribution >= 0.6 is 0 Å². The molecule has 108 heavy (non-hydrogen) atoms. The Labute approximate surface area is 628 Å². The van der Waals surface area contributed by atoms with Gasteiger partial charge in [-0.15, -0.1) is 0 Å². The highest BCUT2D eigenvalue weighted by Crippen LogP contribution is 2.66. The lowest BCUT2D eigenvalue weighted by atomic mass is 9.65. The highest BCUT2D eigenvalue weighted by molar-refractivity contribution is 6.13. The molecule has 23 rings (SSSR count). The molecule has 0 saturated heterocycles. The fourth-order valence-electron chi connectivity index (χ4n) is 19.9. The predicted octanol–water partition coefficient (Wildman–Crippen LogP) is 26.4. The standard InChI is InChI=1S/C68H42N2.C37H27N/c1-2-18-43(19-3-1)44-36-38-45(39-37-44)69(46-40-41-50-49-22-6-11-28-56(49)67(61(50)42-46)54-26-9-4-20-47(54)48-21-5-10-27-55(48)67)64-35-17-31-59-65(64)53-24-7-12-29-57(53)68(59)58-30-13-15-34-63(58)70-62-33-14-8-23-51(62)52-25-16-32-60(68)66(52)70;1-4-12-27(13-5-1)28-20-22-31(23-21-28)38-32-24-25-34-33-18-10-11-19-35(33)37(36(34)26-32,29-14-6-2-7-15-29)30-16-8-3-9-17-30/h1-42H;1-26,38H. The van der Waals surface area contributed by atoms with E-state index in [0.29, 0.717) is 0 Å². The number of anilines is 5. The van der Waals surface area contributed by atoms with Gasteiger partial charge in [0.1, 0.15) is 0 Å². The highest BCUT2D eigenvalue weighted by Gasteiger charge is 2.54. The van der Waals surface area contributed by atoms with Crippen LogP contribution in [0.5, 0.6) is 0 Å². The molecule has 5 aliphatic rings. The maximum atomic E-state index is 3.68. The van der Waals surface area contributed by atoms with E-state index in [2.05, 4.69) is 427 Å². The summed E-state index contributed by atoms with van der Waals surface area (Å²) in [6.45, 7) is 0. The molecule has 2 spiro atoms. The molecule has 2 heterocycles. The number of hydrogen-bond acceptors (Lipinski definition) is 2. The maximum Gasteiger partial charge on any atom is 0.0755 e. The van der Waals surface area contributed by atoms with E-state index in [0.717, 1.165) is 28.4 Å². The molecule has 3 heteroatoms. The molecule has 504 valence electrons. The van der Waals surface area contributed by atoms with Crippen LogP contribution in [0, 0.1) is 0 Å². The van der Waals surface area contributed by atoms with Crippen LogP contribution < -0.4 is 10.2 Å². The monoisotopic (exact) mass is 1370 g/mol. The number of para-hydroxylation sites is 3. The lowest BCUT2D eigenvalue weighted by Gasteiger charge is -2.39. The van der Waals surface area contributed by atoms with Gasteiger partial charge in [-0.1, -0.05) is 346 Å². The van der Waals surface area contributed by atoms with Crippen molar-refractivity contribution in [1.29, 1.82) is 0 Å². The number of hydrogen-bond donors (Lipinski definition) is 1. The van der Waals surface area contributed by atoms with Gasteiger partial charge in [0.15, 0.2) is 0 Å². The van der Waals surface area contributed by atoms with Crippen LogP contribution in [0.2, 0.25) is 0 Å². The zero-order valence-electron chi connectivity index (χ0n) is 59.2. The molecule has 1 atom stereocenters. The molecule has 17 aromatic carbocycles. The molecular formula is C105H69N3. The van der Waals surface area contributed by atoms with Crippen LogP contribution in [-0.4, -0.2) is 4.57 Å². The Bertz CT molecular complexity index is 6530. The first kappa shape index (κ1) is 61.6. The maximum absolute atomic E-state index is 3.68. The van der Waals surface area contributed by atoms with Crippen LogP contribution in [-0.2, 0) is 16.2 Å². The molecular weight excluding hydrogens is 1300 g/mol. The number of fused-ring (bicyclic) bond motifs is 25. The molecule has 0 radical (unpaired) electrons. The minimum absolute atomic E-state index is 0.386. The smallest absolute Gasteiger partial charge is 0.0755 e. The molecule has 4 aliphatic carbocycles. The van der Waals surface area contributed by atoms with E-state index < -0.39 is 10.8 Å². The van der Waals surface area contributed by atoms with Crippen molar-refractivity contribution >= 4 is 50.2 Å². The molecule has 1 N–H and O–H groups in total. The van der Waals surface area contributed by atoms with Gasteiger partial charge in [0.25, 0.3) is 0 Å². The molecule has 1 aromatic heterocycles. The number of nitrogens with one attached hydrogen (secondary N) is 1.